The summed E-state index contributed by atoms with van der Waals surface area (Å²) in [5, 5.41) is 0. The fourth-order valence-corrected chi connectivity index (χ4v) is 3.55. The minimum atomic E-state index is 0. The molecule has 0 aromatic heterocycles. The van der Waals surface area contributed by atoms with Crippen molar-refractivity contribution in [3.63, 3.8) is 0 Å². The zero-order chi connectivity index (χ0) is 31.1. The summed E-state index contributed by atoms with van der Waals surface area (Å²) in [6.07, 6.45) is 31.1. The summed E-state index contributed by atoms with van der Waals surface area (Å²) in [7, 11) is 0. The van der Waals surface area contributed by atoms with E-state index < -0.39 is 0 Å². The molecule has 0 heterocycles. The third kappa shape index (κ3) is 31.8. The largest absolute Gasteiger partial charge is 1.00 e. The molecule has 0 saturated carbocycles. The van der Waals surface area contributed by atoms with Crippen LogP contribution in [0.15, 0.2) is 68.9 Å². The monoisotopic (exact) mass is 710 g/mol. The Morgan fingerprint density at radius 3 is 0.667 bits per heavy atom. The average Bonchev–Trinajstić information content (AvgIpc) is 3.68. The maximum absolute atomic E-state index is 3.24. The molecule has 6 heteroatoms. The third-order valence-corrected chi connectivity index (χ3v) is 5.88. The van der Waals surface area contributed by atoms with E-state index in [2.05, 4.69) is 169 Å². The van der Waals surface area contributed by atoms with Gasteiger partial charge in [-0.05, 0) is 0 Å². The standard InChI is InChI=1S/4C8H11.2C2H6Si.2ClH.2Ti/c4*1-3-8-5-4-7(2)6-8;2*1-3-2;;;;/h4*6H,3,5H2,1-2H3;2*1-2H3;2*1H;;/q4*-1;;;;;2*+2/p-2. The maximum Gasteiger partial charge on any atom is -1.00 e. The average molecular weight is 712 g/mol. The molecular weight excluding hydrogens is 655 g/mol. The Kier molecular flexibility index (Phi) is 36.8. The van der Waals surface area contributed by atoms with Crippen molar-refractivity contribution in [3.8, 4) is 0 Å². The first-order chi connectivity index (χ1) is 18.8. The molecule has 232 valence electrons. The van der Waals surface area contributed by atoms with E-state index in [0.29, 0.717) is 0 Å². The van der Waals surface area contributed by atoms with Crippen LogP contribution in [0.3, 0.4) is 0 Å². The Morgan fingerprint density at radius 2 is 0.619 bits per heavy atom. The van der Waals surface area contributed by atoms with Crippen molar-refractivity contribution in [3.05, 3.63) is 93.2 Å². The normalized spacial score (nSPS) is 15.2. The molecule has 0 unspecified atom stereocenters. The predicted octanol–water partition coefficient (Wildman–Crippen LogP) is 5.48. The van der Waals surface area contributed by atoms with Crippen LogP contribution in [0.4, 0.5) is 0 Å². The third-order valence-electron chi connectivity index (χ3n) is 5.88. The zero-order valence-corrected chi connectivity index (χ0v) is 35.4. The van der Waals surface area contributed by atoms with Gasteiger partial charge in [-0.3, -0.25) is 24.3 Å². The Hall–Kier alpha value is 0.362. The summed E-state index contributed by atoms with van der Waals surface area (Å²) in [4.78, 5) is 0. The molecule has 0 atom stereocenters. The summed E-state index contributed by atoms with van der Waals surface area (Å²) in [6, 6.07) is 0. The first-order valence-electron chi connectivity index (χ1n) is 14.9. The van der Waals surface area contributed by atoms with Crippen molar-refractivity contribution in [1.82, 2.24) is 0 Å². The van der Waals surface area contributed by atoms with Crippen LogP contribution in [0.2, 0.25) is 26.2 Å². The molecule has 0 amide bonds. The van der Waals surface area contributed by atoms with Gasteiger partial charge in [0.2, 0.25) is 0 Å². The van der Waals surface area contributed by atoms with Crippen LogP contribution < -0.4 is 24.8 Å². The number of halogens is 2. The van der Waals surface area contributed by atoms with Gasteiger partial charge >= 0.3 is 76.9 Å². The number of hydrogen-bond donors (Lipinski definition) is 0. The van der Waals surface area contributed by atoms with Gasteiger partial charge in [0.1, 0.15) is 0 Å². The molecule has 0 saturated heterocycles. The molecule has 0 aromatic carbocycles. The molecule has 0 fully saturated rings. The number of rotatable bonds is 4. The van der Waals surface area contributed by atoms with Gasteiger partial charge in [0.05, 0.1) is 0 Å². The van der Waals surface area contributed by atoms with Gasteiger partial charge in [0.15, 0.2) is 0 Å². The van der Waals surface area contributed by atoms with Crippen LogP contribution >= 0.6 is 0 Å². The van der Waals surface area contributed by atoms with Gasteiger partial charge < -0.3 is 24.8 Å². The van der Waals surface area contributed by atoms with E-state index in [1.807, 2.05) is 0 Å². The van der Waals surface area contributed by atoms with Gasteiger partial charge in [-0.15, -0.1) is 25.7 Å². The molecular formula is C36H56Cl2Si2Ti2-2. The molecule has 0 bridgehead atoms. The van der Waals surface area contributed by atoms with Gasteiger partial charge in [-0.25, -0.2) is 46.6 Å². The van der Waals surface area contributed by atoms with E-state index in [9.17, 15) is 0 Å². The van der Waals surface area contributed by atoms with E-state index in [4.69, 9.17) is 0 Å². The second kappa shape index (κ2) is 31.3. The SMILES string of the molecule is CCC1=CC(C)=[C-]C1.CCC1=CC(C)=[C-]C1.CCC1=CC(C)=[C-]C1.CCC1=CC(C)=[C-]C1.C[Si](C)=[Ti+2].C[Si](C)=[Ti+2].[Cl-].[Cl-]. The van der Waals surface area contributed by atoms with Crippen LogP contribution in [0.5, 0.6) is 0 Å². The molecule has 0 N–H and O–H groups in total. The fraction of sp³-hybridized carbons (Fsp3) is 0.556. The van der Waals surface area contributed by atoms with Crippen molar-refractivity contribution in [2.75, 3.05) is 0 Å². The van der Waals surface area contributed by atoms with E-state index >= 15 is 0 Å². The smallest absolute Gasteiger partial charge is 1.00 e. The number of hydrogen-bond acceptors (Lipinski definition) is 0. The molecule has 42 heavy (non-hydrogen) atoms. The van der Waals surface area contributed by atoms with Crippen molar-refractivity contribution < 1.29 is 63.2 Å². The topological polar surface area (TPSA) is 0 Å². The molecule has 4 aliphatic carbocycles. The molecule has 0 aromatic rings. The summed E-state index contributed by atoms with van der Waals surface area (Å²) in [6.45, 7) is 26.2. The Labute approximate surface area is 299 Å². The second-order valence-corrected chi connectivity index (χ2v) is 24.1. The van der Waals surface area contributed by atoms with Gasteiger partial charge in [-0.1, -0.05) is 81.1 Å². The first-order valence-corrected chi connectivity index (χ1v) is 24.6. The van der Waals surface area contributed by atoms with Crippen molar-refractivity contribution in [2.24, 2.45) is 0 Å². The van der Waals surface area contributed by atoms with E-state index in [1.54, 1.807) is 0 Å². The van der Waals surface area contributed by atoms with E-state index in [0.717, 1.165) is 25.7 Å². The van der Waals surface area contributed by atoms with Gasteiger partial charge in [0.25, 0.3) is 0 Å². The summed E-state index contributed by atoms with van der Waals surface area (Å²) in [5.41, 5.74) is 11.3. The Morgan fingerprint density at radius 1 is 0.476 bits per heavy atom. The summed E-state index contributed by atoms with van der Waals surface area (Å²) >= 11 is 4.54. The summed E-state index contributed by atoms with van der Waals surface area (Å²) in [5.74, 6) is 0. The quantitative estimate of drug-likeness (QED) is 0.268. The molecule has 0 radical (unpaired) electrons. The van der Waals surface area contributed by atoms with Crippen LogP contribution in [0.1, 0.15) is 107 Å². The van der Waals surface area contributed by atoms with Crippen LogP contribution in [0, 0.1) is 24.3 Å². The summed E-state index contributed by atoms with van der Waals surface area (Å²) < 4.78 is 0. The van der Waals surface area contributed by atoms with E-state index in [1.165, 1.54) is 70.3 Å². The van der Waals surface area contributed by atoms with Crippen LogP contribution in [0.25, 0.3) is 0 Å². The molecule has 4 rings (SSSR count). The number of allylic oxidation sites excluding steroid dienone is 16. The van der Waals surface area contributed by atoms with Gasteiger partial charge in [-0.2, -0.15) is 22.3 Å². The fourth-order valence-electron chi connectivity index (χ4n) is 3.55. The van der Waals surface area contributed by atoms with Crippen LogP contribution in [-0.4, -0.2) is 12.4 Å². The molecule has 4 aliphatic rings. The molecule has 0 aliphatic heterocycles. The molecule has 0 spiro atoms. The van der Waals surface area contributed by atoms with Crippen molar-refractivity contribution in [2.45, 2.75) is 133 Å². The maximum atomic E-state index is 3.24. The van der Waals surface area contributed by atoms with Crippen LogP contribution in [-0.2, 0) is 38.3 Å². The minimum absolute atomic E-state index is 0. The predicted molar refractivity (Wildman–Crippen MR) is 177 cm³/mol. The zero-order valence-electron chi connectivity index (χ0n) is 28.7. The first kappa shape index (κ1) is 49.2. The second-order valence-electron chi connectivity index (χ2n) is 10.8. The van der Waals surface area contributed by atoms with Crippen molar-refractivity contribution in [1.29, 1.82) is 0 Å². The van der Waals surface area contributed by atoms with Crippen molar-refractivity contribution >= 4 is 12.4 Å². The minimum Gasteiger partial charge on any atom is -1.00 e. The van der Waals surface area contributed by atoms with E-state index in [-0.39, 0.29) is 37.2 Å². The van der Waals surface area contributed by atoms with Gasteiger partial charge in [0, 0.05) is 0 Å². The Balaban J connectivity index is -0.000000209. The Bertz CT molecular complexity index is 888. The molecule has 0 nitrogen and oxygen atoms in total.